The number of nitrogens with zero attached hydrogens (tertiary/aromatic N) is 1. The molecule has 0 saturated heterocycles. The van der Waals surface area contributed by atoms with Crippen molar-refractivity contribution in [3.05, 3.63) is 29.8 Å². The molecule has 1 rings (SSSR count). The van der Waals surface area contributed by atoms with Crippen LogP contribution < -0.4 is 4.90 Å². The van der Waals surface area contributed by atoms with Crippen LogP contribution in [0.2, 0.25) is 0 Å². The van der Waals surface area contributed by atoms with Crippen LogP contribution in [0.4, 0.5) is 32.0 Å². The second-order valence-corrected chi connectivity index (χ2v) is 4.61. The summed E-state index contributed by atoms with van der Waals surface area (Å²) in [7, 11) is 1.25. The molecule has 0 aliphatic rings. The largest absolute Gasteiger partial charge is 0.430 e. The van der Waals surface area contributed by atoms with Crippen molar-refractivity contribution in [3.8, 4) is 0 Å². The molecule has 22 heavy (non-hydrogen) atoms. The Bertz CT molecular complexity index is 526. The van der Waals surface area contributed by atoms with Gasteiger partial charge in [-0.15, -0.1) is 11.6 Å². The molecule has 1 aromatic rings. The van der Waals surface area contributed by atoms with Gasteiger partial charge in [-0.2, -0.15) is 26.3 Å². The van der Waals surface area contributed by atoms with E-state index < -0.39 is 35.3 Å². The normalized spacial score (nSPS) is 13.1. The van der Waals surface area contributed by atoms with Crippen LogP contribution in [0.15, 0.2) is 24.3 Å². The Labute approximate surface area is 126 Å². The van der Waals surface area contributed by atoms with Crippen molar-refractivity contribution in [2.75, 3.05) is 17.8 Å². The molecule has 0 spiro atoms. The van der Waals surface area contributed by atoms with Gasteiger partial charge in [0.1, 0.15) is 5.88 Å². The number of carbonyl (C=O) groups excluding carboxylic acids is 1. The Balaban J connectivity index is 3.29. The number of alkyl halides is 7. The minimum atomic E-state index is -5.95. The fourth-order valence-corrected chi connectivity index (χ4v) is 1.83. The van der Waals surface area contributed by atoms with Crippen LogP contribution in [0.25, 0.3) is 0 Å². The number of hydrogen-bond donors (Lipinski definition) is 1. The molecule has 0 aliphatic carbocycles. The van der Waals surface area contributed by atoms with Crippen molar-refractivity contribution in [3.63, 3.8) is 0 Å². The topological polar surface area (TPSA) is 40.5 Å². The van der Waals surface area contributed by atoms with Gasteiger partial charge in [0, 0.05) is 18.3 Å². The number of aliphatic hydroxyl groups is 1. The van der Waals surface area contributed by atoms with Crippen LogP contribution in [-0.4, -0.2) is 36.3 Å². The van der Waals surface area contributed by atoms with E-state index in [1.165, 1.54) is 7.05 Å². The number of benzene rings is 1. The highest BCUT2D eigenvalue weighted by Crippen LogP contribution is 2.50. The molecule has 0 bridgehead atoms. The van der Waals surface area contributed by atoms with E-state index in [0.717, 1.165) is 17.0 Å². The molecule has 0 unspecified atom stereocenters. The molecule has 10 heteroatoms. The maximum Gasteiger partial charge on any atom is 0.430 e. The smallest absolute Gasteiger partial charge is 0.369 e. The number of amides is 1. The van der Waals surface area contributed by atoms with Gasteiger partial charge in [0.2, 0.25) is 5.91 Å². The summed E-state index contributed by atoms with van der Waals surface area (Å²) in [6.07, 6.45) is -11.9. The number of anilines is 1. The molecular formula is C12H10ClF6NO2. The van der Waals surface area contributed by atoms with Gasteiger partial charge in [-0.3, -0.25) is 4.79 Å². The van der Waals surface area contributed by atoms with E-state index in [4.69, 9.17) is 11.6 Å². The standard InChI is InChI=1S/C12H10ClF6NO2/c1-20(9(21)6-13)8-4-2-7(3-5-8)10(22,11(14,15)16)12(17,18)19/h2-5,22H,6H2,1H3. The summed E-state index contributed by atoms with van der Waals surface area (Å²) < 4.78 is 76.1. The summed E-state index contributed by atoms with van der Waals surface area (Å²) in [5.74, 6) is -1.01. The summed E-state index contributed by atoms with van der Waals surface area (Å²) in [4.78, 5) is 12.3. The summed E-state index contributed by atoms with van der Waals surface area (Å²) in [5, 5.41) is 9.19. The first-order valence-electron chi connectivity index (χ1n) is 5.65. The molecule has 0 heterocycles. The third kappa shape index (κ3) is 3.14. The SMILES string of the molecule is CN(C(=O)CCl)c1ccc(C(O)(C(F)(F)F)C(F)(F)F)cc1. The number of carbonyl (C=O) groups is 1. The molecule has 0 radical (unpaired) electrons. The fraction of sp³-hybridized carbons (Fsp3) is 0.417. The minimum absolute atomic E-state index is 0.0288. The average Bonchev–Trinajstić information content (AvgIpc) is 2.42. The van der Waals surface area contributed by atoms with E-state index >= 15 is 0 Å². The molecule has 124 valence electrons. The van der Waals surface area contributed by atoms with Crippen LogP contribution in [0.5, 0.6) is 0 Å². The van der Waals surface area contributed by atoms with Crippen LogP contribution in [0.1, 0.15) is 5.56 Å². The Morgan fingerprint density at radius 3 is 1.82 bits per heavy atom. The zero-order valence-corrected chi connectivity index (χ0v) is 11.7. The lowest BCUT2D eigenvalue weighted by Gasteiger charge is -2.32. The number of rotatable bonds is 3. The first-order valence-corrected chi connectivity index (χ1v) is 6.18. The third-order valence-corrected chi connectivity index (χ3v) is 3.21. The summed E-state index contributed by atoms with van der Waals surface area (Å²) in [5.41, 5.74) is -6.36. The Hall–Kier alpha value is -1.48. The average molecular weight is 350 g/mol. The molecule has 3 nitrogen and oxygen atoms in total. The monoisotopic (exact) mass is 349 g/mol. The van der Waals surface area contributed by atoms with Crippen LogP contribution >= 0.6 is 11.6 Å². The highest BCUT2D eigenvalue weighted by molar-refractivity contribution is 6.29. The Morgan fingerprint density at radius 2 is 1.50 bits per heavy atom. The predicted octanol–water partition coefficient (Wildman–Crippen LogP) is 3.20. The quantitative estimate of drug-likeness (QED) is 0.672. The van der Waals surface area contributed by atoms with Crippen LogP contribution in [-0.2, 0) is 10.4 Å². The van der Waals surface area contributed by atoms with Crippen molar-refractivity contribution < 1.29 is 36.2 Å². The van der Waals surface area contributed by atoms with Gasteiger partial charge in [0.15, 0.2) is 0 Å². The van der Waals surface area contributed by atoms with E-state index in [1.807, 2.05) is 0 Å². The van der Waals surface area contributed by atoms with E-state index in [1.54, 1.807) is 0 Å². The molecule has 1 amide bonds. The molecule has 0 atom stereocenters. The molecular weight excluding hydrogens is 340 g/mol. The van der Waals surface area contributed by atoms with Gasteiger partial charge >= 0.3 is 12.4 Å². The summed E-state index contributed by atoms with van der Waals surface area (Å²) in [6.45, 7) is 0. The molecule has 1 N–H and O–H groups in total. The number of hydrogen-bond acceptors (Lipinski definition) is 2. The van der Waals surface area contributed by atoms with E-state index in [2.05, 4.69) is 0 Å². The number of halogens is 7. The first-order chi connectivity index (χ1) is 9.86. The van der Waals surface area contributed by atoms with Crippen LogP contribution in [0, 0.1) is 0 Å². The van der Waals surface area contributed by atoms with Gasteiger partial charge in [-0.05, 0) is 12.1 Å². The van der Waals surface area contributed by atoms with Gasteiger partial charge in [-0.25, -0.2) is 0 Å². The minimum Gasteiger partial charge on any atom is -0.369 e. The fourth-order valence-electron chi connectivity index (χ4n) is 1.65. The van der Waals surface area contributed by atoms with E-state index in [9.17, 15) is 36.2 Å². The second-order valence-electron chi connectivity index (χ2n) is 4.34. The maximum absolute atomic E-state index is 12.7. The molecule has 1 aromatic carbocycles. The first kappa shape index (κ1) is 18.6. The van der Waals surface area contributed by atoms with Gasteiger partial charge in [0.25, 0.3) is 5.60 Å². The van der Waals surface area contributed by atoms with Crippen molar-refractivity contribution in [2.24, 2.45) is 0 Å². The van der Waals surface area contributed by atoms with Crippen LogP contribution in [0.3, 0.4) is 0 Å². The van der Waals surface area contributed by atoms with Gasteiger partial charge < -0.3 is 10.0 Å². The van der Waals surface area contributed by atoms with Crippen molar-refractivity contribution in [1.82, 2.24) is 0 Å². The highest BCUT2D eigenvalue weighted by atomic mass is 35.5. The van der Waals surface area contributed by atoms with Crippen molar-refractivity contribution in [2.45, 2.75) is 18.0 Å². The van der Waals surface area contributed by atoms with Crippen molar-refractivity contribution >= 4 is 23.2 Å². The molecule has 0 saturated carbocycles. The van der Waals surface area contributed by atoms with E-state index in [0.29, 0.717) is 12.1 Å². The van der Waals surface area contributed by atoms with Crippen molar-refractivity contribution in [1.29, 1.82) is 0 Å². The molecule has 0 aliphatic heterocycles. The Morgan fingerprint density at radius 1 is 1.09 bits per heavy atom. The lowest BCUT2D eigenvalue weighted by atomic mass is 9.92. The molecule has 0 aromatic heterocycles. The van der Waals surface area contributed by atoms with Gasteiger partial charge in [0.05, 0.1) is 0 Å². The van der Waals surface area contributed by atoms with Gasteiger partial charge in [-0.1, -0.05) is 12.1 Å². The zero-order chi connectivity index (χ0) is 17.3. The highest BCUT2D eigenvalue weighted by Gasteiger charge is 2.71. The predicted molar refractivity (Wildman–Crippen MR) is 66.6 cm³/mol. The van der Waals surface area contributed by atoms with E-state index in [-0.39, 0.29) is 5.69 Å². The Kier molecular flexibility index (Phi) is 5.03. The third-order valence-electron chi connectivity index (χ3n) is 2.98. The lowest BCUT2D eigenvalue weighted by Crippen LogP contribution is -2.53. The zero-order valence-electron chi connectivity index (χ0n) is 11.0. The maximum atomic E-state index is 12.7. The lowest BCUT2D eigenvalue weighted by molar-refractivity contribution is -0.376. The molecule has 0 fully saturated rings. The summed E-state index contributed by atoms with van der Waals surface area (Å²) >= 11 is 5.29. The second kappa shape index (κ2) is 5.96. The summed E-state index contributed by atoms with van der Waals surface area (Å²) in [6, 6.07) is 2.60.